The van der Waals surface area contributed by atoms with Crippen molar-refractivity contribution in [2.45, 2.75) is 69.9 Å². The zero-order valence-corrected chi connectivity index (χ0v) is 24.0. The number of amides is 1. The molecule has 38 heavy (non-hydrogen) atoms. The number of carbonyl (C=O) groups excluding carboxylic acids is 1. The van der Waals surface area contributed by atoms with Gasteiger partial charge in [-0.05, 0) is 49.8 Å². The fourth-order valence-electron chi connectivity index (χ4n) is 5.46. The Kier molecular flexibility index (Phi) is 11.8. The van der Waals surface area contributed by atoms with Crippen LogP contribution in [-0.4, -0.2) is 76.7 Å². The first kappa shape index (κ1) is 29.9. The number of aliphatic hydroxyl groups is 1. The van der Waals surface area contributed by atoms with Crippen LogP contribution < -0.4 is 15.5 Å². The smallest absolute Gasteiger partial charge is 0.228 e. The van der Waals surface area contributed by atoms with Gasteiger partial charge in [0, 0.05) is 50.4 Å². The summed E-state index contributed by atoms with van der Waals surface area (Å²) >= 11 is 4.63. The van der Waals surface area contributed by atoms with E-state index in [1.165, 1.54) is 31.3 Å². The molecular formula is C28H43N7O2S. The topological polar surface area (TPSA) is 107 Å². The first-order valence-electron chi connectivity index (χ1n) is 13.8. The van der Waals surface area contributed by atoms with Gasteiger partial charge in [0.15, 0.2) is 0 Å². The molecular weight excluding hydrogens is 498 g/mol. The molecule has 208 valence electrons. The van der Waals surface area contributed by atoms with Crippen LogP contribution in [0.4, 0.5) is 17.5 Å². The Morgan fingerprint density at radius 3 is 2.50 bits per heavy atom. The van der Waals surface area contributed by atoms with Gasteiger partial charge in [0.2, 0.25) is 12.4 Å². The van der Waals surface area contributed by atoms with Crippen LogP contribution in [0, 0.1) is 5.92 Å². The molecule has 3 N–H and O–H groups in total. The highest BCUT2D eigenvalue weighted by atomic mass is 32.1. The molecule has 10 heteroatoms. The summed E-state index contributed by atoms with van der Waals surface area (Å²) in [4.78, 5) is 28.5. The number of aromatic nitrogens is 3. The Bertz CT molecular complexity index is 1040. The predicted molar refractivity (Wildman–Crippen MR) is 157 cm³/mol. The van der Waals surface area contributed by atoms with Crippen LogP contribution in [0.25, 0.3) is 5.57 Å². The molecule has 1 aliphatic carbocycles. The second-order valence-corrected chi connectivity index (χ2v) is 10.1. The molecule has 2 atom stereocenters. The average molecular weight is 542 g/mol. The molecule has 4 heterocycles. The second kappa shape index (κ2) is 15.0. The summed E-state index contributed by atoms with van der Waals surface area (Å²) in [6, 6.07) is 4.51. The molecule has 3 aliphatic rings. The standard InChI is InChI=1S/C24H32N6OS.C2H5NO.C2H6/c1-2-20(16-5-3-4-6-16)23-21(32)13-26-24(28-23)27-22-8-7-17(12-25-22)29-9-10-30-15-19(31)11-18(30)14-29;1-3-2-4;1-2/h2,7-8,12-13,16,18-19,31-32H,3-6,9-11,14-15H2,1H3,(H,25,26,27,28);2H,1H3,(H,3,4);1-2H3/b20-2+;;. The molecule has 1 saturated carbocycles. The Labute approximate surface area is 232 Å². The Hall–Kier alpha value is -2.69. The highest BCUT2D eigenvalue weighted by molar-refractivity contribution is 7.80. The van der Waals surface area contributed by atoms with Crippen molar-refractivity contribution in [3.05, 3.63) is 36.3 Å². The number of anilines is 3. The number of aliphatic hydroxyl groups excluding tert-OH is 1. The number of thiol groups is 1. The van der Waals surface area contributed by atoms with E-state index in [0.29, 0.717) is 24.3 Å². The van der Waals surface area contributed by atoms with E-state index in [0.717, 1.165) is 54.7 Å². The summed E-state index contributed by atoms with van der Waals surface area (Å²) in [5, 5.41) is 15.5. The molecule has 1 amide bonds. The molecule has 2 aromatic rings. The van der Waals surface area contributed by atoms with Gasteiger partial charge in [0.25, 0.3) is 0 Å². The lowest BCUT2D eigenvalue weighted by Gasteiger charge is -2.38. The number of nitrogens with one attached hydrogen (secondary N) is 2. The number of piperazine rings is 1. The van der Waals surface area contributed by atoms with Crippen molar-refractivity contribution in [1.82, 2.24) is 25.2 Å². The van der Waals surface area contributed by atoms with Gasteiger partial charge in [-0.3, -0.25) is 9.69 Å². The number of nitrogens with zero attached hydrogens (tertiary/aromatic N) is 5. The van der Waals surface area contributed by atoms with E-state index in [-0.39, 0.29) is 6.10 Å². The van der Waals surface area contributed by atoms with Crippen LogP contribution in [0.2, 0.25) is 0 Å². The SMILES string of the molecule is C/C=C(/c1nc(Nc2ccc(N3CCN4CC(O)CC4C3)cn2)ncc1S)C1CCCC1.CC.CNC=O. The second-order valence-electron chi connectivity index (χ2n) is 9.57. The minimum atomic E-state index is -0.185. The van der Waals surface area contributed by atoms with Crippen molar-refractivity contribution in [3.63, 3.8) is 0 Å². The summed E-state index contributed by atoms with van der Waals surface area (Å²) in [7, 11) is 1.56. The van der Waals surface area contributed by atoms with Crippen molar-refractivity contribution in [1.29, 1.82) is 0 Å². The quantitative estimate of drug-likeness (QED) is 0.319. The fourth-order valence-corrected chi connectivity index (χ4v) is 5.70. The summed E-state index contributed by atoms with van der Waals surface area (Å²) in [6.45, 7) is 9.78. The van der Waals surface area contributed by atoms with Gasteiger partial charge < -0.3 is 20.6 Å². The number of fused-ring (bicyclic) bond motifs is 1. The van der Waals surface area contributed by atoms with Crippen LogP contribution in [0.5, 0.6) is 0 Å². The molecule has 3 fully saturated rings. The average Bonchev–Trinajstić information content (AvgIpc) is 3.61. The fraction of sp³-hybridized carbons (Fsp3) is 0.571. The van der Waals surface area contributed by atoms with Gasteiger partial charge in [-0.15, -0.1) is 12.6 Å². The van der Waals surface area contributed by atoms with Crippen molar-refractivity contribution in [2.75, 3.05) is 43.4 Å². The van der Waals surface area contributed by atoms with E-state index in [1.54, 1.807) is 13.2 Å². The van der Waals surface area contributed by atoms with Gasteiger partial charge >= 0.3 is 0 Å². The predicted octanol–water partition coefficient (Wildman–Crippen LogP) is 4.14. The molecule has 0 radical (unpaired) electrons. The maximum atomic E-state index is 9.94. The number of hydrogen-bond donors (Lipinski definition) is 4. The third-order valence-electron chi connectivity index (χ3n) is 7.21. The number of carbonyl (C=O) groups is 1. The molecule has 2 aromatic heterocycles. The van der Waals surface area contributed by atoms with Crippen molar-refractivity contribution in [2.24, 2.45) is 5.92 Å². The molecule has 0 bridgehead atoms. The molecule has 2 unspecified atom stereocenters. The monoisotopic (exact) mass is 541 g/mol. The molecule has 5 rings (SSSR count). The van der Waals surface area contributed by atoms with Crippen molar-refractivity contribution >= 4 is 42.1 Å². The van der Waals surface area contributed by atoms with Crippen molar-refractivity contribution in [3.8, 4) is 0 Å². The van der Waals surface area contributed by atoms with E-state index < -0.39 is 0 Å². The van der Waals surface area contributed by atoms with E-state index in [1.807, 2.05) is 26.1 Å². The summed E-state index contributed by atoms with van der Waals surface area (Å²) in [6.07, 6.45) is 12.2. The number of rotatable bonds is 6. The number of pyridine rings is 1. The van der Waals surface area contributed by atoms with Gasteiger partial charge in [0.05, 0.1) is 23.7 Å². The zero-order chi connectivity index (χ0) is 27.5. The first-order valence-corrected chi connectivity index (χ1v) is 14.2. The van der Waals surface area contributed by atoms with Gasteiger partial charge in [0.1, 0.15) is 5.82 Å². The third kappa shape index (κ3) is 7.68. The molecule has 2 aliphatic heterocycles. The van der Waals surface area contributed by atoms with Gasteiger partial charge in [-0.1, -0.05) is 32.8 Å². The highest BCUT2D eigenvalue weighted by Crippen LogP contribution is 2.38. The van der Waals surface area contributed by atoms with E-state index >= 15 is 0 Å². The minimum absolute atomic E-state index is 0.185. The maximum Gasteiger partial charge on any atom is 0.228 e. The lowest BCUT2D eigenvalue weighted by molar-refractivity contribution is -0.109. The van der Waals surface area contributed by atoms with Crippen LogP contribution in [-0.2, 0) is 4.79 Å². The summed E-state index contributed by atoms with van der Waals surface area (Å²) in [5.41, 5.74) is 3.31. The number of hydrogen-bond acceptors (Lipinski definition) is 9. The first-order chi connectivity index (χ1) is 18.5. The van der Waals surface area contributed by atoms with E-state index in [2.05, 4.69) is 62.1 Å². The highest BCUT2D eigenvalue weighted by Gasteiger charge is 2.35. The lowest BCUT2D eigenvalue weighted by Crippen LogP contribution is -2.50. The number of allylic oxidation sites excluding steroid dienone is 2. The van der Waals surface area contributed by atoms with E-state index in [9.17, 15) is 5.11 Å². The van der Waals surface area contributed by atoms with Crippen LogP contribution >= 0.6 is 12.6 Å². The van der Waals surface area contributed by atoms with Crippen molar-refractivity contribution < 1.29 is 9.90 Å². The summed E-state index contributed by atoms with van der Waals surface area (Å²) < 4.78 is 0. The Balaban J connectivity index is 0.000000612. The van der Waals surface area contributed by atoms with Crippen LogP contribution in [0.15, 0.2) is 35.5 Å². The van der Waals surface area contributed by atoms with Crippen LogP contribution in [0.3, 0.4) is 0 Å². The van der Waals surface area contributed by atoms with E-state index in [4.69, 9.17) is 9.78 Å². The van der Waals surface area contributed by atoms with Crippen LogP contribution in [0.1, 0.15) is 58.6 Å². The third-order valence-corrected chi connectivity index (χ3v) is 7.54. The molecule has 0 aromatic carbocycles. The zero-order valence-electron chi connectivity index (χ0n) is 23.1. The normalized spacial score (nSPS) is 21.5. The maximum absolute atomic E-state index is 9.94. The molecule has 0 spiro atoms. The Morgan fingerprint density at radius 1 is 1.13 bits per heavy atom. The van der Waals surface area contributed by atoms with Gasteiger partial charge in [-0.25, -0.2) is 15.0 Å². The summed E-state index contributed by atoms with van der Waals surface area (Å²) in [5.74, 6) is 1.83. The molecule has 9 nitrogen and oxygen atoms in total. The lowest BCUT2D eigenvalue weighted by atomic mass is 9.94. The molecule has 2 saturated heterocycles. The largest absolute Gasteiger partial charge is 0.392 e. The Morgan fingerprint density at radius 2 is 1.87 bits per heavy atom. The minimum Gasteiger partial charge on any atom is -0.392 e. The van der Waals surface area contributed by atoms with Gasteiger partial charge in [-0.2, -0.15) is 0 Å².